The molecule has 0 heterocycles. The van der Waals surface area contributed by atoms with E-state index in [0.717, 1.165) is 10.6 Å². The van der Waals surface area contributed by atoms with Crippen molar-refractivity contribution in [3.05, 3.63) is 35.9 Å². The van der Waals surface area contributed by atoms with Gasteiger partial charge in [-0.25, -0.2) is 0 Å². The van der Waals surface area contributed by atoms with Gasteiger partial charge in [0.25, 0.3) is 0 Å². The number of aliphatic hydroxyl groups excluding tert-OH is 2. The van der Waals surface area contributed by atoms with Crippen LogP contribution in [-0.4, -0.2) is 34.0 Å². The van der Waals surface area contributed by atoms with Crippen molar-refractivity contribution in [2.45, 2.75) is 32.4 Å². The first-order valence-electron chi connectivity index (χ1n) is 6.19. The smallest absolute Gasteiger partial charge is 0.0932 e. The minimum Gasteiger partial charge on any atom is -0.394 e. The molecule has 4 nitrogen and oxygen atoms in total. The van der Waals surface area contributed by atoms with Crippen molar-refractivity contribution in [3.8, 4) is 0 Å². The number of nitrogens with zero attached hydrogens (tertiary/aromatic N) is 1. The average Bonchev–Trinajstić information content (AvgIpc) is 2.38. The lowest BCUT2D eigenvalue weighted by atomic mass is 9.91. The maximum absolute atomic E-state index is 12.5. The molecule has 0 saturated heterocycles. The molecule has 0 saturated carbocycles. The Balaban J connectivity index is 3.07. The van der Waals surface area contributed by atoms with Crippen LogP contribution >= 0.6 is 0 Å². The Labute approximate surface area is 108 Å². The van der Waals surface area contributed by atoms with Gasteiger partial charge in [-0.1, -0.05) is 44.2 Å². The molecule has 0 aromatic heterocycles. The van der Waals surface area contributed by atoms with E-state index < -0.39 is 5.54 Å². The van der Waals surface area contributed by atoms with E-state index in [1.54, 1.807) is 6.92 Å². The third kappa shape index (κ3) is 3.09. The second-order valence-electron chi connectivity index (χ2n) is 5.24. The van der Waals surface area contributed by atoms with Gasteiger partial charge in [-0.15, -0.1) is 10.3 Å². The summed E-state index contributed by atoms with van der Waals surface area (Å²) < 4.78 is 0. The molecular formula is C14H22NO3. The first-order chi connectivity index (χ1) is 8.46. The normalized spacial score (nSPS) is 14.2. The first kappa shape index (κ1) is 15.1. The van der Waals surface area contributed by atoms with Crippen LogP contribution in [0.15, 0.2) is 30.3 Å². The minimum atomic E-state index is -1.16. The van der Waals surface area contributed by atoms with Crippen LogP contribution in [0.5, 0.6) is 0 Å². The van der Waals surface area contributed by atoms with E-state index in [1.165, 1.54) is 0 Å². The number of hydroxylamine groups is 2. The van der Waals surface area contributed by atoms with Gasteiger partial charge in [-0.2, -0.15) is 0 Å². The lowest BCUT2D eigenvalue weighted by Crippen LogP contribution is -2.52. The number of hydrogen-bond acceptors (Lipinski definition) is 3. The van der Waals surface area contributed by atoms with Crippen LogP contribution in [0.1, 0.15) is 32.4 Å². The molecule has 1 aromatic carbocycles. The van der Waals surface area contributed by atoms with Gasteiger partial charge in [0.15, 0.2) is 0 Å². The molecule has 0 fully saturated rings. The molecule has 1 unspecified atom stereocenters. The first-order valence-corrected chi connectivity index (χ1v) is 6.19. The molecule has 0 spiro atoms. The standard InChI is InChI=1S/C14H22NO3/c1-11(2)13(12-7-5-4-6-8-12)15(18)14(3,9-16)10-17/h4-8,11,13,16-17H,9-10H2,1-3H3. The highest BCUT2D eigenvalue weighted by molar-refractivity contribution is 5.19. The van der Waals surface area contributed by atoms with Gasteiger partial charge in [0.05, 0.1) is 24.8 Å². The molecule has 0 amide bonds. The summed E-state index contributed by atoms with van der Waals surface area (Å²) in [5.74, 6) is 0.0855. The predicted molar refractivity (Wildman–Crippen MR) is 69.1 cm³/mol. The predicted octanol–water partition coefficient (Wildman–Crippen LogP) is 1.77. The molecule has 1 radical (unpaired) electrons. The fourth-order valence-corrected chi connectivity index (χ4v) is 1.97. The van der Waals surface area contributed by atoms with Crippen molar-refractivity contribution in [1.82, 2.24) is 5.06 Å². The van der Waals surface area contributed by atoms with Gasteiger partial charge in [0, 0.05) is 0 Å². The van der Waals surface area contributed by atoms with Gasteiger partial charge in [-0.3, -0.25) is 0 Å². The van der Waals surface area contributed by atoms with Crippen LogP contribution in [0, 0.1) is 5.92 Å². The Morgan fingerprint density at radius 3 is 2.06 bits per heavy atom. The van der Waals surface area contributed by atoms with E-state index in [1.807, 2.05) is 44.2 Å². The van der Waals surface area contributed by atoms with Gasteiger partial charge >= 0.3 is 0 Å². The molecule has 0 aliphatic carbocycles. The topological polar surface area (TPSA) is 63.6 Å². The Morgan fingerprint density at radius 1 is 1.17 bits per heavy atom. The molecular weight excluding hydrogens is 230 g/mol. The van der Waals surface area contributed by atoms with Crippen LogP contribution in [0.25, 0.3) is 0 Å². The van der Waals surface area contributed by atoms with E-state index in [-0.39, 0.29) is 25.2 Å². The highest BCUT2D eigenvalue weighted by atomic mass is 16.5. The summed E-state index contributed by atoms with van der Waals surface area (Å²) >= 11 is 0. The molecule has 4 heteroatoms. The third-order valence-electron chi connectivity index (χ3n) is 3.24. The zero-order chi connectivity index (χ0) is 13.8. The number of rotatable bonds is 6. The Kier molecular flexibility index (Phi) is 5.28. The van der Waals surface area contributed by atoms with Gasteiger partial charge in [0.1, 0.15) is 0 Å². The summed E-state index contributed by atoms with van der Waals surface area (Å²) in [5, 5.41) is 32.0. The van der Waals surface area contributed by atoms with Crippen LogP contribution in [0.3, 0.4) is 0 Å². The zero-order valence-electron chi connectivity index (χ0n) is 11.2. The monoisotopic (exact) mass is 252 g/mol. The Bertz CT molecular complexity index is 349. The second kappa shape index (κ2) is 6.29. The molecule has 0 bridgehead atoms. The van der Waals surface area contributed by atoms with E-state index in [4.69, 9.17) is 0 Å². The summed E-state index contributed by atoms with van der Waals surface area (Å²) in [4.78, 5) is 0. The van der Waals surface area contributed by atoms with Crippen LogP contribution in [0.4, 0.5) is 0 Å². The van der Waals surface area contributed by atoms with Crippen molar-refractivity contribution < 1.29 is 15.4 Å². The van der Waals surface area contributed by atoms with Crippen LogP contribution < -0.4 is 0 Å². The lowest BCUT2D eigenvalue weighted by molar-refractivity contribution is -0.274. The molecule has 1 atom stereocenters. The van der Waals surface area contributed by atoms with Crippen LogP contribution in [-0.2, 0) is 5.21 Å². The van der Waals surface area contributed by atoms with Gasteiger partial charge < -0.3 is 10.2 Å². The Hall–Kier alpha value is -0.940. The second-order valence-corrected chi connectivity index (χ2v) is 5.24. The van der Waals surface area contributed by atoms with E-state index in [9.17, 15) is 15.4 Å². The highest BCUT2D eigenvalue weighted by Crippen LogP contribution is 2.32. The van der Waals surface area contributed by atoms with E-state index in [0.29, 0.717) is 0 Å². The van der Waals surface area contributed by atoms with Gasteiger partial charge in [0.2, 0.25) is 0 Å². The largest absolute Gasteiger partial charge is 0.394 e. The van der Waals surface area contributed by atoms with Crippen molar-refractivity contribution in [2.24, 2.45) is 5.92 Å². The minimum absolute atomic E-state index is 0.0855. The molecule has 0 aliphatic heterocycles. The lowest BCUT2D eigenvalue weighted by Gasteiger charge is -2.39. The molecule has 1 aromatic rings. The maximum atomic E-state index is 12.5. The number of benzene rings is 1. The van der Waals surface area contributed by atoms with E-state index in [2.05, 4.69) is 0 Å². The third-order valence-corrected chi connectivity index (χ3v) is 3.24. The Morgan fingerprint density at radius 2 is 1.67 bits per heavy atom. The zero-order valence-corrected chi connectivity index (χ0v) is 11.2. The maximum Gasteiger partial charge on any atom is 0.0932 e. The molecule has 1 rings (SSSR count). The fraction of sp³-hybridized carbons (Fsp3) is 0.571. The summed E-state index contributed by atoms with van der Waals surface area (Å²) in [6.07, 6.45) is 0. The summed E-state index contributed by atoms with van der Waals surface area (Å²) in [6.45, 7) is 4.74. The molecule has 0 aliphatic rings. The fourth-order valence-electron chi connectivity index (χ4n) is 1.97. The van der Waals surface area contributed by atoms with Crippen LogP contribution in [0.2, 0.25) is 0 Å². The van der Waals surface area contributed by atoms with Crippen molar-refractivity contribution in [2.75, 3.05) is 13.2 Å². The molecule has 101 valence electrons. The molecule has 18 heavy (non-hydrogen) atoms. The summed E-state index contributed by atoms with van der Waals surface area (Å²) in [5.41, 5.74) is -0.263. The quantitative estimate of drug-likeness (QED) is 0.758. The highest BCUT2D eigenvalue weighted by Gasteiger charge is 2.38. The summed E-state index contributed by atoms with van der Waals surface area (Å²) in [6, 6.07) is 9.07. The number of aliphatic hydroxyl groups is 2. The molecule has 2 N–H and O–H groups in total. The summed E-state index contributed by atoms with van der Waals surface area (Å²) in [7, 11) is 0. The van der Waals surface area contributed by atoms with Gasteiger partial charge in [-0.05, 0) is 18.4 Å². The SMILES string of the molecule is CC(C)C(c1ccccc1)N([O])C(C)(CO)CO. The van der Waals surface area contributed by atoms with Crippen molar-refractivity contribution in [3.63, 3.8) is 0 Å². The number of hydrogen-bond donors (Lipinski definition) is 2. The van der Waals surface area contributed by atoms with Crippen molar-refractivity contribution >= 4 is 0 Å². The van der Waals surface area contributed by atoms with E-state index >= 15 is 0 Å². The average molecular weight is 252 g/mol. The van der Waals surface area contributed by atoms with Crippen molar-refractivity contribution in [1.29, 1.82) is 0 Å².